The van der Waals surface area contributed by atoms with Crippen LogP contribution in [0.1, 0.15) is 31.2 Å². The highest BCUT2D eigenvalue weighted by atomic mass is 35.5. The Bertz CT molecular complexity index is 1770. The number of aryl methyl sites for hydroxylation is 1. The van der Waals surface area contributed by atoms with E-state index in [-0.39, 0.29) is 11.9 Å². The largest absolute Gasteiger partial charge is 0.352 e. The average Bonchev–Trinajstić information content (AvgIpc) is 3.43. The number of halogens is 2. The lowest BCUT2D eigenvalue weighted by Gasteiger charge is -2.16. The van der Waals surface area contributed by atoms with Crippen molar-refractivity contribution in [1.29, 1.82) is 0 Å². The number of carbonyl (C=O) groups is 1. The second-order valence-corrected chi connectivity index (χ2v) is 10.7. The predicted octanol–water partition coefficient (Wildman–Crippen LogP) is 6.13. The first-order valence-corrected chi connectivity index (χ1v) is 14.5. The summed E-state index contributed by atoms with van der Waals surface area (Å²) in [6, 6.07) is 13.5. The van der Waals surface area contributed by atoms with Crippen molar-refractivity contribution >= 4 is 51.6 Å². The van der Waals surface area contributed by atoms with Crippen LogP contribution in [0, 0.1) is 0 Å². The van der Waals surface area contributed by atoms with Crippen LogP contribution in [-0.2, 0) is 17.8 Å². The fourth-order valence-electron chi connectivity index (χ4n) is 5.10. The molecular formula is C31H28Cl2N8O. The van der Waals surface area contributed by atoms with Crippen molar-refractivity contribution in [3.8, 4) is 22.4 Å². The van der Waals surface area contributed by atoms with E-state index in [9.17, 15) is 4.79 Å². The SMILES string of the molecule is CCc1nc(-c2cccc(-c3cccc(Nc4nccc5nccnc45)c3Cl)c2Cl)cnc1CNC[C@@H]1CCC(=O)N1. The Kier molecular flexibility index (Phi) is 8.23. The molecule has 0 spiro atoms. The molecular weight excluding hydrogens is 571 g/mol. The number of aromatic nitrogens is 5. The van der Waals surface area contributed by atoms with Gasteiger partial charge in [-0.05, 0) is 25.0 Å². The monoisotopic (exact) mass is 598 g/mol. The van der Waals surface area contributed by atoms with Crippen LogP contribution in [0.2, 0.25) is 10.0 Å². The van der Waals surface area contributed by atoms with Gasteiger partial charge in [0.1, 0.15) is 5.52 Å². The van der Waals surface area contributed by atoms with Crippen molar-refractivity contribution in [3.05, 3.63) is 88.7 Å². The Hall–Kier alpha value is -4.18. The van der Waals surface area contributed by atoms with Crippen molar-refractivity contribution in [2.45, 2.75) is 38.8 Å². The molecule has 5 aromatic rings. The van der Waals surface area contributed by atoms with E-state index < -0.39 is 0 Å². The van der Waals surface area contributed by atoms with Crippen molar-refractivity contribution in [2.24, 2.45) is 0 Å². The van der Waals surface area contributed by atoms with Gasteiger partial charge in [0.2, 0.25) is 5.91 Å². The number of nitrogens with zero attached hydrogens (tertiary/aromatic N) is 5. The number of amides is 1. The Morgan fingerprint density at radius 1 is 0.905 bits per heavy atom. The second-order valence-electron chi connectivity index (χ2n) is 9.98. The maximum Gasteiger partial charge on any atom is 0.220 e. The van der Waals surface area contributed by atoms with Gasteiger partial charge in [0.25, 0.3) is 0 Å². The molecule has 1 fully saturated rings. The number of pyridine rings is 1. The number of carbonyl (C=O) groups excluding carboxylic acids is 1. The molecule has 1 atom stereocenters. The first-order valence-electron chi connectivity index (χ1n) is 13.8. The molecule has 0 bridgehead atoms. The normalized spacial score (nSPS) is 14.7. The van der Waals surface area contributed by atoms with Crippen molar-refractivity contribution < 1.29 is 4.79 Å². The number of hydrogen-bond donors (Lipinski definition) is 3. The summed E-state index contributed by atoms with van der Waals surface area (Å²) in [5, 5.41) is 10.7. The number of anilines is 2. The molecule has 42 heavy (non-hydrogen) atoms. The molecule has 0 radical (unpaired) electrons. The summed E-state index contributed by atoms with van der Waals surface area (Å²) in [4.78, 5) is 34.3. The van der Waals surface area contributed by atoms with Crippen LogP contribution in [0.5, 0.6) is 0 Å². The zero-order valence-electron chi connectivity index (χ0n) is 22.9. The van der Waals surface area contributed by atoms with E-state index in [0.29, 0.717) is 52.3 Å². The minimum atomic E-state index is 0.111. The number of rotatable bonds is 9. The summed E-state index contributed by atoms with van der Waals surface area (Å²) >= 11 is 14.0. The zero-order valence-corrected chi connectivity index (χ0v) is 24.4. The molecule has 9 nitrogen and oxygen atoms in total. The van der Waals surface area contributed by atoms with Gasteiger partial charge in [-0.2, -0.15) is 0 Å². The summed E-state index contributed by atoms with van der Waals surface area (Å²) in [6.07, 6.45) is 8.87. The maximum atomic E-state index is 11.5. The minimum absolute atomic E-state index is 0.111. The number of fused-ring (bicyclic) bond motifs is 1. The summed E-state index contributed by atoms with van der Waals surface area (Å²) in [5.74, 6) is 0.671. The number of hydrogen-bond acceptors (Lipinski definition) is 8. The molecule has 0 aliphatic carbocycles. The fourth-order valence-corrected chi connectivity index (χ4v) is 5.70. The zero-order chi connectivity index (χ0) is 29.1. The highest BCUT2D eigenvalue weighted by Gasteiger charge is 2.21. The molecule has 1 aliphatic rings. The molecule has 0 unspecified atom stereocenters. The third-order valence-corrected chi connectivity index (χ3v) is 8.05. The lowest BCUT2D eigenvalue weighted by Crippen LogP contribution is -2.35. The predicted molar refractivity (Wildman–Crippen MR) is 166 cm³/mol. The molecule has 0 saturated carbocycles. The van der Waals surface area contributed by atoms with Gasteiger partial charge < -0.3 is 16.0 Å². The van der Waals surface area contributed by atoms with E-state index in [1.54, 1.807) is 24.8 Å². The topological polar surface area (TPSA) is 118 Å². The summed E-state index contributed by atoms with van der Waals surface area (Å²) < 4.78 is 0. The third kappa shape index (κ3) is 5.76. The van der Waals surface area contributed by atoms with Crippen LogP contribution in [0.4, 0.5) is 11.5 Å². The van der Waals surface area contributed by atoms with Crippen LogP contribution < -0.4 is 16.0 Å². The highest BCUT2D eigenvalue weighted by molar-refractivity contribution is 6.39. The van der Waals surface area contributed by atoms with Crippen molar-refractivity contribution in [1.82, 2.24) is 35.6 Å². The van der Waals surface area contributed by atoms with E-state index in [1.165, 1.54) is 0 Å². The lowest BCUT2D eigenvalue weighted by molar-refractivity contribution is -0.119. The van der Waals surface area contributed by atoms with Gasteiger partial charge in [-0.1, -0.05) is 60.5 Å². The first-order chi connectivity index (χ1) is 20.5. The summed E-state index contributed by atoms with van der Waals surface area (Å²) in [7, 11) is 0. The number of benzene rings is 2. The van der Waals surface area contributed by atoms with Gasteiger partial charge in [0.05, 0.1) is 44.5 Å². The first kappa shape index (κ1) is 28.0. The molecule has 212 valence electrons. The van der Waals surface area contributed by atoms with Gasteiger partial charge in [0, 0.05) is 60.8 Å². The van der Waals surface area contributed by atoms with Crippen molar-refractivity contribution in [2.75, 3.05) is 11.9 Å². The Labute approximate surface area is 253 Å². The van der Waals surface area contributed by atoms with E-state index in [0.717, 1.165) is 46.4 Å². The molecule has 1 amide bonds. The van der Waals surface area contributed by atoms with Crippen LogP contribution >= 0.6 is 23.2 Å². The van der Waals surface area contributed by atoms with Gasteiger partial charge in [0.15, 0.2) is 5.82 Å². The summed E-state index contributed by atoms with van der Waals surface area (Å²) in [5.41, 5.74) is 6.83. The maximum absolute atomic E-state index is 11.5. The van der Waals surface area contributed by atoms with Gasteiger partial charge in [-0.15, -0.1) is 0 Å². The molecule has 6 rings (SSSR count). The number of nitrogens with one attached hydrogen (secondary N) is 3. The quantitative estimate of drug-likeness (QED) is 0.185. The minimum Gasteiger partial charge on any atom is -0.352 e. The van der Waals surface area contributed by atoms with Gasteiger partial charge >= 0.3 is 0 Å². The molecule has 1 saturated heterocycles. The molecule has 2 aromatic carbocycles. The molecule has 1 aliphatic heterocycles. The Balaban J connectivity index is 1.26. The fraction of sp³-hybridized carbons (Fsp3) is 0.226. The highest BCUT2D eigenvalue weighted by Crippen LogP contribution is 2.41. The van der Waals surface area contributed by atoms with Crippen molar-refractivity contribution in [3.63, 3.8) is 0 Å². The van der Waals surface area contributed by atoms with Gasteiger partial charge in [-0.3, -0.25) is 14.8 Å². The van der Waals surface area contributed by atoms with E-state index in [4.69, 9.17) is 33.2 Å². The van der Waals surface area contributed by atoms with E-state index >= 15 is 0 Å². The Morgan fingerprint density at radius 2 is 1.69 bits per heavy atom. The molecule has 4 heterocycles. The Morgan fingerprint density at radius 3 is 2.50 bits per heavy atom. The molecule has 3 N–H and O–H groups in total. The van der Waals surface area contributed by atoms with Crippen LogP contribution in [-0.4, -0.2) is 43.4 Å². The smallest absolute Gasteiger partial charge is 0.220 e. The second kappa shape index (κ2) is 12.4. The van der Waals surface area contributed by atoms with Crippen LogP contribution in [0.25, 0.3) is 33.4 Å². The van der Waals surface area contributed by atoms with Gasteiger partial charge in [-0.25, -0.2) is 15.0 Å². The molecule has 3 aromatic heterocycles. The van der Waals surface area contributed by atoms with E-state index in [1.807, 2.05) is 42.5 Å². The van der Waals surface area contributed by atoms with E-state index in [2.05, 4.69) is 37.8 Å². The lowest BCUT2D eigenvalue weighted by atomic mass is 10.0. The summed E-state index contributed by atoms with van der Waals surface area (Å²) in [6.45, 7) is 3.33. The van der Waals surface area contributed by atoms with Crippen LogP contribution in [0.15, 0.2) is 67.3 Å². The third-order valence-electron chi connectivity index (χ3n) is 7.24. The standard InChI is InChI=1S/C31H28Cl2N8O/c1-2-22-26(16-34-15-18-9-10-27(42)39-18)38-17-25(40-22)21-7-3-5-19(28(21)32)20-6-4-8-23(29(20)33)41-31-30-24(11-12-37-31)35-13-14-36-30/h3-8,11-14,17-18,34H,2,9-10,15-16H2,1H3,(H,37,41)(H,39,42)/t18-/m0/s1. The molecule has 11 heteroatoms. The van der Waals surface area contributed by atoms with Crippen LogP contribution in [0.3, 0.4) is 0 Å². The average molecular weight is 600 g/mol.